The first-order valence-corrected chi connectivity index (χ1v) is 7.33. The Labute approximate surface area is 118 Å². The van der Waals surface area contributed by atoms with Crippen molar-refractivity contribution in [3.05, 3.63) is 0 Å². The summed E-state index contributed by atoms with van der Waals surface area (Å²) in [5.41, 5.74) is 5.74. The van der Waals surface area contributed by atoms with Crippen LogP contribution in [0.25, 0.3) is 0 Å². The van der Waals surface area contributed by atoms with Crippen molar-refractivity contribution in [3.8, 4) is 0 Å². The van der Waals surface area contributed by atoms with Crippen LogP contribution in [0.3, 0.4) is 0 Å². The van der Waals surface area contributed by atoms with Crippen LogP contribution in [0.15, 0.2) is 5.16 Å². The molecule has 5 N–H and O–H groups in total. The molecule has 0 aromatic carbocycles. The van der Waals surface area contributed by atoms with Crippen molar-refractivity contribution in [3.63, 3.8) is 0 Å². The van der Waals surface area contributed by atoms with Gasteiger partial charge in [0.15, 0.2) is 5.84 Å². The van der Waals surface area contributed by atoms with Crippen LogP contribution in [-0.2, 0) is 4.74 Å². The Bertz CT molecular complexity index is 350. The van der Waals surface area contributed by atoms with Crippen LogP contribution >= 0.6 is 0 Å². The first kappa shape index (κ1) is 14.9. The predicted octanol–water partition coefficient (Wildman–Crippen LogP) is 0.770. The number of amidine groups is 1. The van der Waals surface area contributed by atoms with E-state index < -0.39 is 6.04 Å². The van der Waals surface area contributed by atoms with E-state index in [2.05, 4.69) is 15.8 Å². The molecular formula is C13H24N4O3. The van der Waals surface area contributed by atoms with E-state index in [9.17, 15) is 4.79 Å². The number of nitrogens with two attached hydrogens (primary N) is 1. The number of oxime groups is 1. The molecule has 1 aliphatic heterocycles. The van der Waals surface area contributed by atoms with E-state index in [0.29, 0.717) is 13.2 Å². The third kappa shape index (κ3) is 4.00. The van der Waals surface area contributed by atoms with Gasteiger partial charge in [0.1, 0.15) is 0 Å². The minimum atomic E-state index is -0.400. The summed E-state index contributed by atoms with van der Waals surface area (Å²) < 4.78 is 5.22. The number of nitrogens with one attached hydrogen (secondary N) is 2. The second kappa shape index (κ2) is 7.33. The molecule has 2 fully saturated rings. The third-order valence-electron chi connectivity index (χ3n) is 4.11. The minimum Gasteiger partial charge on any atom is -0.409 e. The lowest BCUT2D eigenvalue weighted by Gasteiger charge is -2.30. The van der Waals surface area contributed by atoms with Gasteiger partial charge in [-0.05, 0) is 25.2 Å². The average Bonchev–Trinajstić information content (AvgIpc) is 2.97. The van der Waals surface area contributed by atoms with E-state index in [1.165, 1.54) is 6.42 Å². The summed E-state index contributed by atoms with van der Waals surface area (Å²) in [5.74, 6) is 0.319. The summed E-state index contributed by atoms with van der Waals surface area (Å²) in [7, 11) is 0. The summed E-state index contributed by atoms with van der Waals surface area (Å²) in [6, 6.07) is -0.625. The SMILES string of the molecule is NC(=NO)C(NC(=O)NC1CCOC1)C1CCCCC1. The Morgan fingerprint density at radius 3 is 2.65 bits per heavy atom. The maximum Gasteiger partial charge on any atom is 0.315 e. The maximum absolute atomic E-state index is 12.0. The van der Waals surface area contributed by atoms with Gasteiger partial charge in [-0.1, -0.05) is 24.4 Å². The van der Waals surface area contributed by atoms with Gasteiger partial charge >= 0.3 is 6.03 Å². The topological polar surface area (TPSA) is 109 Å². The highest BCUT2D eigenvalue weighted by Crippen LogP contribution is 2.26. The molecule has 0 radical (unpaired) electrons. The summed E-state index contributed by atoms with van der Waals surface area (Å²) in [4.78, 5) is 12.0. The number of carbonyl (C=O) groups is 1. The van der Waals surface area contributed by atoms with Crippen molar-refractivity contribution in [2.24, 2.45) is 16.8 Å². The van der Waals surface area contributed by atoms with Crippen LogP contribution in [0.1, 0.15) is 38.5 Å². The first-order chi connectivity index (χ1) is 9.70. The number of hydrogen-bond donors (Lipinski definition) is 4. The van der Waals surface area contributed by atoms with Gasteiger partial charge in [0.05, 0.1) is 18.7 Å². The zero-order valence-corrected chi connectivity index (χ0v) is 11.7. The second-order valence-electron chi connectivity index (χ2n) is 5.58. The molecule has 7 nitrogen and oxygen atoms in total. The highest BCUT2D eigenvalue weighted by Gasteiger charge is 2.29. The highest BCUT2D eigenvalue weighted by molar-refractivity contribution is 5.89. The van der Waals surface area contributed by atoms with Crippen molar-refractivity contribution in [2.75, 3.05) is 13.2 Å². The molecule has 0 aromatic heterocycles. The van der Waals surface area contributed by atoms with Gasteiger partial charge in [0, 0.05) is 6.61 Å². The fourth-order valence-electron chi connectivity index (χ4n) is 2.98. The van der Waals surface area contributed by atoms with E-state index in [4.69, 9.17) is 15.7 Å². The fraction of sp³-hybridized carbons (Fsp3) is 0.846. The van der Waals surface area contributed by atoms with E-state index in [1.54, 1.807) is 0 Å². The van der Waals surface area contributed by atoms with Gasteiger partial charge in [-0.3, -0.25) is 0 Å². The smallest absolute Gasteiger partial charge is 0.315 e. The quantitative estimate of drug-likeness (QED) is 0.264. The lowest BCUT2D eigenvalue weighted by molar-refractivity contribution is 0.187. The average molecular weight is 284 g/mol. The van der Waals surface area contributed by atoms with Crippen LogP contribution in [0.5, 0.6) is 0 Å². The molecule has 2 unspecified atom stereocenters. The molecule has 20 heavy (non-hydrogen) atoms. The molecular weight excluding hydrogens is 260 g/mol. The summed E-state index contributed by atoms with van der Waals surface area (Å²) in [6.45, 7) is 1.22. The molecule has 0 spiro atoms. The van der Waals surface area contributed by atoms with Crippen LogP contribution < -0.4 is 16.4 Å². The molecule has 1 aliphatic carbocycles. The van der Waals surface area contributed by atoms with Crippen molar-refractivity contribution >= 4 is 11.9 Å². The zero-order chi connectivity index (χ0) is 14.4. The molecule has 2 atom stereocenters. The minimum absolute atomic E-state index is 0.0503. The molecule has 1 heterocycles. The standard InChI is InChI=1S/C13H24N4O3/c14-12(17-19)11(9-4-2-1-3-5-9)16-13(18)15-10-6-7-20-8-10/h9-11,19H,1-8H2,(H2,14,17)(H2,15,16,18). The molecule has 114 valence electrons. The lowest BCUT2D eigenvalue weighted by Crippen LogP contribution is -2.54. The number of amides is 2. The molecule has 7 heteroatoms. The van der Waals surface area contributed by atoms with Gasteiger partial charge in [0.25, 0.3) is 0 Å². The van der Waals surface area contributed by atoms with Gasteiger partial charge in [-0.2, -0.15) is 0 Å². The zero-order valence-electron chi connectivity index (χ0n) is 11.7. The van der Waals surface area contributed by atoms with Gasteiger partial charge in [-0.25, -0.2) is 4.79 Å². The normalized spacial score (nSPS) is 26.2. The van der Waals surface area contributed by atoms with E-state index >= 15 is 0 Å². The number of carbonyl (C=O) groups excluding carboxylic acids is 1. The van der Waals surface area contributed by atoms with Crippen molar-refractivity contribution in [1.29, 1.82) is 0 Å². The second-order valence-corrected chi connectivity index (χ2v) is 5.58. The monoisotopic (exact) mass is 284 g/mol. The molecule has 1 saturated carbocycles. The molecule has 2 aliphatic rings. The van der Waals surface area contributed by atoms with E-state index in [0.717, 1.165) is 32.1 Å². The Morgan fingerprint density at radius 1 is 1.30 bits per heavy atom. The number of nitrogens with zero attached hydrogens (tertiary/aromatic N) is 1. The van der Waals surface area contributed by atoms with Crippen LogP contribution in [-0.4, -0.2) is 42.4 Å². The van der Waals surface area contributed by atoms with Crippen molar-refractivity contribution < 1.29 is 14.7 Å². The van der Waals surface area contributed by atoms with E-state index in [-0.39, 0.29) is 23.8 Å². The molecule has 1 saturated heterocycles. The Morgan fingerprint density at radius 2 is 2.05 bits per heavy atom. The molecule has 2 amide bonds. The predicted molar refractivity (Wildman–Crippen MR) is 74.7 cm³/mol. The van der Waals surface area contributed by atoms with Crippen molar-refractivity contribution in [2.45, 2.75) is 50.6 Å². The maximum atomic E-state index is 12.0. The fourth-order valence-corrected chi connectivity index (χ4v) is 2.98. The number of ether oxygens (including phenoxy) is 1. The number of hydrogen-bond acceptors (Lipinski definition) is 4. The summed E-state index contributed by atoms with van der Waals surface area (Å²) >= 11 is 0. The molecule has 2 rings (SSSR count). The Kier molecular flexibility index (Phi) is 5.46. The Hall–Kier alpha value is -1.50. The number of urea groups is 1. The third-order valence-corrected chi connectivity index (χ3v) is 4.11. The Balaban J connectivity index is 1.90. The molecule has 0 aromatic rings. The van der Waals surface area contributed by atoms with Crippen LogP contribution in [0, 0.1) is 5.92 Å². The highest BCUT2D eigenvalue weighted by atomic mass is 16.5. The lowest BCUT2D eigenvalue weighted by atomic mass is 9.83. The van der Waals surface area contributed by atoms with E-state index in [1.807, 2.05) is 0 Å². The van der Waals surface area contributed by atoms with Crippen molar-refractivity contribution in [1.82, 2.24) is 10.6 Å². The van der Waals surface area contributed by atoms with Gasteiger partial charge in [0.2, 0.25) is 0 Å². The van der Waals surface area contributed by atoms with Gasteiger partial charge < -0.3 is 26.3 Å². The molecule has 0 bridgehead atoms. The van der Waals surface area contributed by atoms with Gasteiger partial charge in [-0.15, -0.1) is 0 Å². The number of rotatable bonds is 4. The largest absolute Gasteiger partial charge is 0.409 e. The van der Waals surface area contributed by atoms with Crippen LogP contribution in [0.4, 0.5) is 4.79 Å². The summed E-state index contributed by atoms with van der Waals surface area (Å²) in [5, 5.41) is 17.7. The first-order valence-electron chi connectivity index (χ1n) is 7.33. The van der Waals surface area contributed by atoms with Crippen LogP contribution in [0.2, 0.25) is 0 Å². The summed E-state index contributed by atoms with van der Waals surface area (Å²) in [6.07, 6.45) is 6.27.